The molecule has 33 heavy (non-hydrogen) atoms. The van der Waals surface area contributed by atoms with Gasteiger partial charge in [-0.05, 0) is 109 Å². The molecule has 1 aromatic carbocycles. The third kappa shape index (κ3) is 3.67. The highest BCUT2D eigenvalue weighted by molar-refractivity contribution is 9.10. The van der Waals surface area contributed by atoms with E-state index in [1.165, 1.54) is 29.5 Å². The van der Waals surface area contributed by atoms with E-state index in [0.717, 1.165) is 75.3 Å². The van der Waals surface area contributed by atoms with Crippen molar-refractivity contribution in [2.24, 2.45) is 5.92 Å². The van der Waals surface area contributed by atoms with Crippen LogP contribution in [-0.4, -0.2) is 74.2 Å². The largest absolute Gasteiger partial charge is 0.507 e. The molecule has 2 bridgehead atoms. The highest BCUT2D eigenvalue weighted by Crippen LogP contribution is 2.57. The fraction of sp³-hybridized carbons (Fsp3) is 0.654. The van der Waals surface area contributed by atoms with Gasteiger partial charge >= 0.3 is 0 Å². The molecule has 2 aliphatic heterocycles. The highest BCUT2D eigenvalue weighted by atomic mass is 79.9. The molecule has 6 nitrogen and oxygen atoms in total. The summed E-state index contributed by atoms with van der Waals surface area (Å²) in [5.74, 6) is 1.10. The smallest absolute Gasteiger partial charge is 0.130 e. The molecule has 3 unspecified atom stereocenters. The number of aromatic hydroxyl groups is 1. The quantitative estimate of drug-likeness (QED) is 0.639. The highest BCUT2D eigenvalue weighted by Gasteiger charge is 2.63. The third-order valence-electron chi connectivity index (χ3n) is 9.01. The summed E-state index contributed by atoms with van der Waals surface area (Å²) >= 11 is 3.55. The van der Waals surface area contributed by atoms with Crippen molar-refractivity contribution in [2.45, 2.75) is 69.1 Å². The molecule has 2 aromatic rings. The van der Waals surface area contributed by atoms with Crippen LogP contribution in [-0.2, 0) is 18.4 Å². The number of aliphatic hydroxyl groups is 1. The first-order valence-electron chi connectivity index (χ1n) is 12.6. The average Bonchev–Trinajstić information content (AvgIpc) is 3.53. The number of fused-ring (bicyclic) bond motifs is 1. The van der Waals surface area contributed by atoms with Gasteiger partial charge in [-0.1, -0.05) is 0 Å². The lowest BCUT2D eigenvalue weighted by Gasteiger charge is -2.61. The van der Waals surface area contributed by atoms with Crippen molar-refractivity contribution in [1.82, 2.24) is 19.6 Å². The molecule has 1 saturated carbocycles. The first kappa shape index (κ1) is 22.1. The van der Waals surface area contributed by atoms with E-state index in [1.807, 2.05) is 16.9 Å². The van der Waals surface area contributed by atoms with Crippen LogP contribution in [0, 0.1) is 12.8 Å². The summed E-state index contributed by atoms with van der Waals surface area (Å²) in [4.78, 5) is 5.13. The Balaban J connectivity index is 1.33. The number of hydrogen-bond donors (Lipinski definition) is 2. The maximum absolute atomic E-state index is 12.6. The maximum Gasteiger partial charge on any atom is 0.130 e. The second-order valence-corrected chi connectivity index (χ2v) is 11.9. The monoisotopic (exact) mass is 514 g/mol. The normalized spacial score (nSPS) is 32.3. The average molecular weight is 515 g/mol. The third-order valence-corrected chi connectivity index (χ3v) is 9.64. The first-order chi connectivity index (χ1) is 15.9. The Bertz CT molecular complexity index is 1050. The van der Waals surface area contributed by atoms with E-state index in [9.17, 15) is 10.2 Å². The van der Waals surface area contributed by atoms with Crippen LogP contribution in [0.25, 0.3) is 0 Å². The van der Waals surface area contributed by atoms with Crippen LogP contribution < -0.4 is 0 Å². The molecule has 2 N–H and O–H groups in total. The summed E-state index contributed by atoms with van der Waals surface area (Å²) < 4.78 is 2.79. The van der Waals surface area contributed by atoms with Crippen molar-refractivity contribution >= 4 is 15.9 Å². The minimum Gasteiger partial charge on any atom is -0.507 e. The molecule has 2 saturated heterocycles. The summed E-state index contributed by atoms with van der Waals surface area (Å²) in [5, 5.41) is 27.6. The zero-order valence-electron chi connectivity index (χ0n) is 19.5. The fourth-order valence-electron chi connectivity index (χ4n) is 7.00. The minimum absolute atomic E-state index is 0.157. The van der Waals surface area contributed by atoms with Crippen LogP contribution in [0.15, 0.2) is 29.0 Å². The van der Waals surface area contributed by atoms with E-state index in [1.54, 1.807) is 0 Å². The van der Waals surface area contributed by atoms with Gasteiger partial charge < -0.3 is 15.1 Å². The van der Waals surface area contributed by atoms with Crippen molar-refractivity contribution < 1.29 is 10.2 Å². The molecule has 3 fully saturated rings. The van der Waals surface area contributed by atoms with Gasteiger partial charge in [-0.15, -0.1) is 0 Å². The standard InChI is InChI=1S/C26H35BrN4O2/c1-18-15-28-31(16-18)11-10-29-7-4-25-5-9-30(17-19-2-3-19)24(26(25,33)6-8-29)13-20-12-22(27)23(32)14-21(20)25/h12,14-16,19,24,32-33H,2-11,13,17H2,1H3. The topological polar surface area (TPSA) is 64.8 Å². The van der Waals surface area contributed by atoms with E-state index < -0.39 is 5.60 Å². The van der Waals surface area contributed by atoms with Crippen LogP contribution in [0.5, 0.6) is 5.75 Å². The molecule has 0 radical (unpaired) electrons. The van der Waals surface area contributed by atoms with Crippen LogP contribution in [0.4, 0.5) is 0 Å². The molecule has 3 heterocycles. The minimum atomic E-state index is -0.759. The van der Waals surface area contributed by atoms with E-state index >= 15 is 0 Å². The predicted octanol–water partition coefficient (Wildman–Crippen LogP) is 3.46. The van der Waals surface area contributed by atoms with Crippen molar-refractivity contribution in [3.05, 3.63) is 45.7 Å². The molecular weight excluding hydrogens is 480 g/mol. The lowest BCUT2D eigenvalue weighted by molar-refractivity contribution is -0.149. The number of hydrogen-bond acceptors (Lipinski definition) is 5. The maximum atomic E-state index is 12.6. The number of phenolic OH excluding ortho intramolecular Hbond substituents is 1. The number of aryl methyl sites for hydroxylation is 1. The van der Waals surface area contributed by atoms with Gasteiger partial charge in [-0.25, -0.2) is 0 Å². The zero-order valence-corrected chi connectivity index (χ0v) is 21.1. The fourth-order valence-corrected chi connectivity index (χ4v) is 7.39. The molecule has 0 spiro atoms. The molecule has 6 rings (SSSR count). The molecule has 2 aliphatic carbocycles. The Morgan fingerprint density at radius 1 is 1.12 bits per heavy atom. The van der Waals surface area contributed by atoms with Crippen molar-refractivity contribution in [3.8, 4) is 5.75 Å². The number of halogens is 1. The molecule has 0 amide bonds. The van der Waals surface area contributed by atoms with Gasteiger partial charge in [0.05, 0.1) is 22.8 Å². The number of nitrogens with zero attached hydrogens (tertiary/aromatic N) is 4. The van der Waals surface area contributed by atoms with Crippen LogP contribution in [0.2, 0.25) is 0 Å². The number of piperidine rings is 1. The molecule has 7 heteroatoms. The van der Waals surface area contributed by atoms with Gasteiger partial charge in [0.15, 0.2) is 0 Å². The second-order valence-electron chi connectivity index (χ2n) is 11.0. The molecule has 3 atom stereocenters. The van der Waals surface area contributed by atoms with Gasteiger partial charge in [0, 0.05) is 37.3 Å². The number of phenols is 1. The van der Waals surface area contributed by atoms with Gasteiger partial charge in [-0.2, -0.15) is 5.10 Å². The Kier molecular flexibility index (Phi) is 5.40. The Morgan fingerprint density at radius 2 is 1.91 bits per heavy atom. The number of rotatable bonds is 5. The van der Waals surface area contributed by atoms with E-state index in [-0.39, 0.29) is 11.5 Å². The molecule has 1 aromatic heterocycles. The molecular formula is C26H35BrN4O2. The Labute approximate surface area is 204 Å². The summed E-state index contributed by atoms with van der Waals surface area (Å²) in [6.45, 7) is 7.95. The van der Waals surface area contributed by atoms with Crippen LogP contribution in [0.1, 0.15) is 48.8 Å². The van der Waals surface area contributed by atoms with Crippen molar-refractivity contribution in [2.75, 3.05) is 32.7 Å². The Hall–Kier alpha value is -1.41. The first-order valence-corrected chi connectivity index (χ1v) is 13.4. The van der Waals surface area contributed by atoms with E-state index in [4.69, 9.17) is 0 Å². The van der Waals surface area contributed by atoms with Gasteiger partial charge in [0.1, 0.15) is 5.75 Å². The number of benzene rings is 1. The summed E-state index contributed by atoms with van der Waals surface area (Å²) in [6.07, 6.45) is 10.2. The van der Waals surface area contributed by atoms with Gasteiger partial charge in [0.2, 0.25) is 0 Å². The van der Waals surface area contributed by atoms with Gasteiger partial charge in [0.25, 0.3) is 0 Å². The molecule has 4 aliphatic rings. The van der Waals surface area contributed by atoms with Crippen molar-refractivity contribution in [1.29, 1.82) is 0 Å². The van der Waals surface area contributed by atoms with E-state index in [2.05, 4.69) is 50.0 Å². The zero-order chi connectivity index (χ0) is 22.8. The lowest BCUT2D eigenvalue weighted by Crippen LogP contribution is -2.71. The summed E-state index contributed by atoms with van der Waals surface area (Å²) in [6, 6.07) is 4.23. The number of likely N-dealkylation sites (tertiary alicyclic amines) is 2. The number of aromatic nitrogens is 2. The Morgan fingerprint density at radius 3 is 2.67 bits per heavy atom. The van der Waals surface area contributed by atoms with Crippen molar-refractivity contribution in [3.63, 3.8) is 0 Å². The SMILES string of the molecule is Cc1cnn(CCN2CCC34CCN(CC5CC5)C(Cc5cc(Br)c(O)cc53)C4(O)CC2)c1. The summed E-state index contributed by atoms with van der Waals surface area (Å²) in [7, 11) is 0. The molecule has 178 valence electrons. The van der Waals surface area contributed by atoms with E-state index in [0.29, 0.717) is 5.75 Å². The lowest BCUT2D eigenvalue weighted by atomic mass is 9.52. The predicted molar refractivity (Wildman–Crippen MR) is 131 cm³/mol. The van der Waals surface area contributed by atoms with Crippen LogP contribution >= 0.6 is 15.9 Å². The summed E-state index contributed by atoms with van der Waals surface area (Å²) in [5.41, 5.74) is 2.63. The second kappa shape index (κ2) is 8.08. The van der Waals surface area contributed by atoms with Crippen LogP contribution in [0.3, 0.4) is 0 Å². The van der Waals surface area contributed by atoms with Gasteiger partial charge in [-0.3, -0.25) is 9.58 Å².